The summed E-state index contributed by atoms with van der Waals surface area (Å²) >= 11 is 0. The van der Waals surface area contributed by atoms with Crippen LogP contribution in [0.1, 0.15) is 51.2 Å². The van der Waals surface area contributed by atoms with E-state index >= 15 is 0 Å². The summed E-state index contributed by atoms with van der Waals surface area (Å²) in [5.41, 5.74) is 3.22. The number of ether oxygens (including phenoxy) is 1. The van der Waals surface area contributed by atoms with Crippen LogP contribution in [-0.2, 0) is 10.2 Å². The lowest BCUT2D eigenvalue weighted by atomic mass is 9.65. The predicted octanol–water partition coefficient (Wildman–Crippen LogP) is 4.12. The quantitative estimate of drug-likeness (QED) is 0.745. The van der Waals surface area contributed by atoms with Gasteiger partial charge in [-0.3, -0.25) is 0 Å². The monoisotopic (exact) mass is 232 g/mol. The van der Waals surface area contributed by atoms with E-state index in [0.29, 0.717) is 17.9 Å². The van der Waals surface area contributed by atoms with Crippen molar-refractivity contribution in [2.45, 2.75) is 51.6 Å². The maximum absolute atomic E-state index is 5.76. The highest BCUT2D eigenvalue weighted by Crippen LogP contribution is 2.46. The highest BCUT2D eigenvalue weighted by molar-refractivity contribution is 5.40. The van der Waals surface area contributed by atoms with E-state index in [1.807, 2.05) is 7.11 Å². The molecule has 94 valence electrons. The second kappa shape index (κ2) is 4.45. The van der Waals surface area contributed by atoms with Gasteiger partial charge in [0.25, 0.3) is 0 Å². The summed E-state index contributed by atoms with van der Waals surface area (Å²) < 4.78 is 5.76. The largest absolute Gasteiger partial charge is 0.381 e. The van der Waals surface area contributed by atoms with Gasteiger partial charge in [0.2, 0.25) is 0 Å². The molecule has 2 atom stereocenters. The minimum absolute atomic E-state index is 0.225. The Kier molecular flexibility index (Phi) is 3.31. The molecule has 1 aliphatic carbocycles. The van der Waals surface area contributed by atoms with Crippen LogP contribution < -0.4 is 0 Å². The molecule has 0 spiro atoms. The van der Waals surface area contributed by atoms with Gasteiger partial charge >= 0.3 is 0 Å². The van der Waals surface area contributed by atoms with Crippen molar-refractivity contribution in [3.63, 3.8) is 0 Å². The standard InChI is InChI=1S/C16H24O/c1-11(2)15-12-8-6-7-9-13(12)16(3,4)10-14(15)17-5/h6-9,11,14-15H,10H2,1-5H3/t14-,15+/m1/s1. The second-order valence-electron chi connectivity index (χ2n) is 6.22. The van der Waals surface area contributed by atoms with Crippen LogP contribution in [0.25, 0.3) is 0 Å². The Labute approximate surface area is 105 Å². The van der Waals surface area contributed by atoms with E-state index in [0.717, 1.165) is 6.42 Å². The predicted molar refractivity (Wildman–Crippen MR) is 72.5 cm³/mol. The van der Waals surface area contributed by atoms with Crippen LogP contribution in [0.3, 0.4) is 0 Å². The molecular weight excluding hydrogens is 208 g/mol. The number of methoxy groups -OCH3 is 1. The van der Waals surface area contributed by atoms with Crippen molar-refractivity contribution in [3.05, 3.63) is 35.4 Å². The van der Waals surface area contributed by atoms with Crippen LogP contribution in [0.4, 0.5) is 0 Å². The molecule has 0 saturated heterocycles. The zero-order chi connectivity index (χ0) is 12.6. The summed E-state index contributed by atoms with van der Waals surface area (Å²) in [4.78, 5) is 0. The maximum atomic E-state index is 5.76. The Balaban J connectivity index is 2.53. The van der Waals surface area contributed by atoms with Crippen molar-refractivity contribution < 1.29 is 4.74 Å². The first-order valence-corrected chi connectivity index (χ1v) is 6.59. The molecule has 1 nitrogen and oxygen atoms in total. The lowest BCUT2D eigenvalue weighted by molar-refractivity contribution is 0.0331. The highest BCUT2D eigenvalue weighted by Gasteiger charge is 2.40. The summed E-state index contributed by atoms with van der Waals surface area (Å²) in [6.45, 7) is 9.25. The molecule has 0 radical (unpaired) electrons. The fourth-order valence-electron chi connectivity index (χ4n) is 3.36. The second-order valence-corrected chi connectivity index (χ2v) is 6.22. The zero-order valence-corrected chi connectivity index (χ0v) is 11.7. The van der Waals surface area contributed by atoms with Gasteiger partial charge in [-0.15, -0.1) is 0 Å². The Morgan fingerprint density at radius 2 is 1.88 bits per heavy atom. The molecule has 0 heterocycles. The third kappa shape index (κ3) is 2.13. The molecule has 1 aromatic carbocycles. The molecule has 0 aliphatic heterocycles. The summed E-state index contributed by atoms with van der Waals surface area (Å²) in [5.74, 6) is 1.15. The van der Waals surface area contributed by atoms with Gasteiger partial charge < -0.3 is 4.74 Å². The number of benzene rings is 1. The molecule has 1 heteroatoms. The van der Waals surface area contributed by atoms with Gasteiger partial charge in [-0.25, -0.2) is 0 Å². The summed E-state index contributed by atoms with van der Waals surface area (Å²) in [5, 5.41) is 0. The lowest BCUT2D eigenvalue weighted by Gasteiger charge is -2.43. The Morgan fingerprint density at radius 3 is 2.47 bits per heavy atom. The van der Waals surface area contributed by atoms with E-state index in [1.165, 1.54) is 11.1 Å². The van der Waals surface area contributed by atoms with Crippen molar-refractivity contribution in [1.82, 2.24) is 0 Å². The first kappa shape index (κ1) is 12.6. The number of hydrogen-bond acceptors (Lipinski definition) is 1. The van der Waals surface area contributed by atoms with E-state index in [1.54, 1.807) is 0 Å². The zero-order valence-electron chi connectivity index (χ0n) is 11.7. The average molecular weight is 232 g/mol. The lowest BCUT2D eigenvalue weighted by Crippen LogP contribution is -2.39. The van der Waals surface area contributed by atoms with Gasteiger partial charge in [-0.2, -0.15) is 0 Å². The summed E-state index contributed by atoms with van der Waals surface area (Å²) in [7, 11) is 1.85. The topological polar surface area (TPSA) is 9.23 Å². The van der Waals surface area contributed by atoms with Crippen LogP contribution in [-0.4, -0.2) is 13.2 Å². The van der Waals surface area contributed by atoms with E-state index in [2.05, 4.69) is 52.0 Å². The highest BCUT2D eigenvalue weighted by atomic mass is 16.5. The molecule has 2 rings (SSSR count). The van der Waals surface area contributed by atoms with Gasteiger partial charge in [-0.05, 0) is 28.9 Å². The van der Waals surface area contributed by atoms with Gasteiger partial charge in [-0.1, -0.05) is 52.0 Å². The van der Waals surface area contributed by atoms with Crippen LogP contribution in [0.15, 0.2) is 24.3 Å². The van der Waals surface area contributed by atoms with Gasteiger partial charge in [0.15, 0.2) is 0 Å². The fraction of sp³-hybridized carbons (Fsp3) is 0.625. The van der Waals surface area contributed by atoms with Crippen molar-refractivity contribution in [1.29, 1.82) is 0 Å². The minimum Gasteiger partial charge on any atom is -0.381 e. The molecule has 0 aromatic heterocycles. The molecular formula is C16H24O. The minimum atomic E-state index is 0.225. The maximum Gasteiger partial charge on any atom is 0.0650 e. The molecule has 1 aromatic rings. The number of rotatable bonds is 2. The van der Waals surface area contributed by atoms with Crippen LogP contribution in [0.5, 0.6) is 0 Å². The molecule has 0 fully saturated rings. The molecule has 0 N–H and O–H groups in total. The van der Waals surface area contributed by atoms with Crippen LogP contribution in [0.2, 0.25) is 0 Å². The smallest absolute Gasteiger partial charge is 0.0650 e. The van der Waals surface area contributed by atoms with E-state index in [4.69, 9.17) is 4.74 Å². The first-order chi connectivity index (χ1) is 7.97. The van der Waals surface area contributed by atoms with Crippen molar-refractivity contribution >= 4 is 0 Å². The fourth-order valence-corrected chi connectivity index (χ4v) is 3.36. The average Bonchev–Trinajstić information content (AvgIpc) is 2.27. The first-order valence-electron chi connectivity index (χ1n) is 6.59. The van der Waals surface area contributed by atoms with Crippen molar-refractivity contribution in [2.24, 2.45) is 5.92 Å². The van der Waals surface area contributed by atoms with E-state index in [-0.39, 0.29) is 5.41 Å². The molecule has 0 bridgehead atoms. The van der Waals surface area contributed by atoms with Gasteiger partial charge in [0, 0.05) is 13.0 Å². The van der Waals surface area contributed by atoms with Crippen LogP contribution in [0, 0.1) is 5.92 Å². The van der Waals surface area contributed by atoms with Crippen molar-refractivity contribution in [3.8, 4) is 0 Å². The Morgan fingerprint density at radius 1 is 1.24 bits per heavy atom. The third-order valence-electron chi connectivity index (χ3n) is 4.18. The molecule has 17 heavy (non-hydrogen) atoms. The normalized spacial score (nSPS) is 26.9. The molecule has 0 amide bonds. The van der Waals surface area contributed by atoms with Crippen molar-refractivity contribution in [2.75, 3.05) is 7.11 Å². The Bertz CT molecular complexity index is 392. The van der Waals surface area contributed by atoms with E-state index in [9.17, 15) is 0 Å². The SMILES string of the molecule is CO[C@@H]1CC(C)(C)c2ccccc2[C@@H]1C(C)C. The van der Waals surface area contributed by atoms with Gasteiger partial charge in [0.05, 0.1) is 6.10 Å². The number of hydrogen-bond donors (Lipinski definition) is 0. The Hall–Kier alpha value is -0.820. The van der Waals surface area contributed by atoms with Gasteiger partial charge in [0.1, 0.15) is 0 Å². The summed E-state index contributed by atoms with van der Waals surface area (Å²) in [6.07, 6.45) is 1.46. The summed E-state index contributed by atoms with van der Waals surface area (Å²) in [6, 6.07) is 8.89. The van der Waals surface area contributed by atoms with E-state index < -0.39 is 0 Å². The molecule has 0 unspecified atom stereocenters. The molecule has 1 aliphatic rings. The number of fused-ring (bicyclic) bond motifs is 1. The molecule has 0 saturated carbocycles. The third-order valence-corrected chi connectivity index (χ3v) is 4.18. The van der Waals surface area contributed by atoms with Crippen LogP contribution >= 0.6 is 0 Å².